The van der Waals surface area contributed by atoms with Crippen molar-refractivity contribution in [2.45, 2.75) is 52.6 Å². The van der Waals surface area contributed by atoms with Crippen LogP contribution in [0.5, 0.6) is 0 Å². The number of hydrogen-bond donors (Lipinski definition) is 1. The van der Waals surface area contributed by atoms with Gasteiger partial charge < -0.3 is 5.11 Å². The van der Waals surface area contributed by atoms with Gasteiger partial charge in [-0.05, 0) is 31.6 Å². The zero-order valence-corrected chi connectivity index (χ0v) is 9.59. The zero-order valence-electron chi connectivity index (χ0n) is 9.59. The Bertz CT molecular complexity index is 236. The standard InChI is InChI=1S/C13H22O/c1-4-7-12(14)10-11-8-5-6-9-13(11,2)3/h4,7,10,12,14H,5-6,8-9H2,1-3H3. The van der Waals surface area contributed by atoms with Gasteiger partial charge in [-0.25, -0.2) is 0 Å². The summed E-state index contributed by atoms with van der Waals surface area (Å²) in [6.45, 7) is 6.49. The molecule has 0 bridgehead atoms. The maximum absolute atomic E-state index is 9.67. The van der Waals surface area contributed by atoms with Crippen molar-refractivity contribution < 1.29 is 5.11 Å². The minimum atomic E-state index is -0.396. The Labute approximate surface area is 87.5 Å². The van der Waals surface area contributed by atoms with Gasteiger partial charge in [0.15, 0.2) is 0 Å². The first-order valence-corrected chi connectivity index (χ1v) is 5.58. The van der Waals surface area contributed by atoms with Crippen LogP contribution in [0, 0.1) is 5.41 Å². The minimum Gasteiger partial charge on any atom is -0.385 e. The lowest BCUT2D eigenvalue weighted by Gasteiger charge is -2.33. The molecule has 0 spiro atoms. The van der Waals surface area contributed by atoms with Crippen molar-refractivity contribution in [1.29, 1.82) is 0 Å². The summed E-state index contributed by atoms with van der Waals surface area (Å²) in [5, 5.41) is 9.67. The van der Waals surface area contributed by atoms with Crippen molar-refractivity contribution in [3.05, 3.63) is 23.8 Å². The second-order valence-electron chi connectivity index (χ2n) is 4.80. The van der Waals surface area contributed by atoms with E-state index in [2.05, 4.69) is 13.8 Å². The number of rotatable bonds is 2. The molecule has 0 amide bonds. The summed E-state index contributed by atoms with van der Waals surface area (Å²) in [6, 6.07) is 0. The van der Waals surface area contributed by atoms with E-state index < -0.39 is 6.10 Å². The third-order valence-corrected chi connectivity index (χ3v) is 3.13. The van der Waals surface area contributed by atoms with E-state index in [1.165, 1.54) is 24.8 Å². The average molecular weight is 194 g/mol. The Morgan fingerprint density at radius 1 is 1.36 bits per heavy atom. The van der Waals surface area contributed by atoms with Crippen LogP contribution in [-0.2, 0) is 0 Å². The number of hydrogen-bond acceptors (Lipinski definition) is 1. The molecule has 1 nitrogen and oxygen atoms in total. The van der Waals surface area contributed by atoms with Gasteiger partial charge in [0.05, 0.1) is 6.10 Å². The van der Waals surface area contributed by atoms with E-state index in [9.17, 15) is 5.11 Å². The van der Waals surface area contributed by atoms with E-state index in [4.69, 9.17) is 0 Å². The zero-order chi connectivity index (χ0) is 10.6. The summed E-state index contributed by atoms with van der Waals surface area (Å²) in [5.41, 5.74) is 1.72. The average Bonchev–Trinajstić information content (AvgIpc) is 2.09. The molecular formula is C13H22O. The van der Waals surface area contributed by atoms with E-state index in [0.29, 0.717) is 5.41 Å². The molecule has 1 saturated carbocycles. The van der Waals surface area contributed by atoms with Gasteiger partial charge >= 0.3 is 0 Å². The summed E-state index contributed by atoms with van der Waals surface area (Å²) in [6.07, 6.45) is 10.4. The van der Waals surface area contributed by atoms with Gasteiger partial charge in [-0.2, -0.15) is 0 Å². The van der Waals surface area contributed by atoms with Crippen molar-refractivity contribution in [3.8, 4) is 0 Å². The second kappa shape index (κ2) is 4.79. The fourth-order valence-corrected chi connectivity index (χ4v) is 2.15. The van der Waals surface area contributed by atoms with Crippen molar-refractivity contribution in [3.63, 3.8) is 0 Å². The largest absolute Gasteiger partial charge is 0.385 e. The van der Waals surface area contributed by atoms with Crippen LogP contribution < -0.4 is 0 Å². The molecule has 1 N–H and O–H groups in total. The monoisotopic (exact) mass is 194 g/mol. The molecule has 14 heavy (non-hydrogen) atoms. The van der Waals surface area contributed by atoms with Gasteiger partial charge in [-0.15, -0.1) is 0 Å². The summed E-state index contributed by atoms with van der Waals surface area (Å²) in [7, 11) is 0. The van der Waals surface area contributed by atoms with Crippen LogP contribution in [0.4, 0.5) is 0 Å². The summed E-state index contributed by atoms with van der Waals surface area (Å²) < 4.78 is 0. The smallest absolute Gasteiger partial charge is 0.0905 e. The Balaban J connectivity index is 2.73. The maximum atomic E-state index is 9.67. The van der Waals surface area contributed by atoms with Crippen LogP contribution in [-0.4, -0.2) is 11.2 Å². The molecule has 1 aliphatic carbocycles. The Morgan fingerprint density at radius 2 is 2.07 bits per heavy atom. The number of allylic oxidation sites excluding steroid dienone is 2. The predicted octanol–water partition coefficient (Wildman–Crippen LogP) is 3.45. The van der Waals surface area contributed by atoms with Crippen molar-refractivity contribution in [2.75, 3.05) is 0 Å². The lowest BCUT2D eigenvalue weighted by atomic mass is 9.73. The molecule has 1 unspecified atom stereocenters. The highest BCUT2D eigenvalue weighted by atomic mass is 16.3. The highest BCUT2D eigenvalue weighted by Crippen LogP contribution is 2.40. The van der Waals surface area contributed by atoms with E-state index in [1.807, 2.05) is 25.2 Å². The highest BCUT2D eigenvalue weighted by molar-refractivity contribution is 5.18. The van der Waals surface area contributed by atoms with Crippen LogP contribution in [0.15, 0.2) is 23.8 Å². The van der Waals surface area contributed by atoms with Crippen LogP contribution in [0.1, 0.15) is 46.5 Å². The normalized spacial score (nSPS) is 27.0. The van der Waals surface area contributed by atoms with Gasteiger partial charge in [0.2, 0.25) is 0 Å². The van der Waals surface area contributed by atoms with Crippen molar-refractivity contribution in [2.24, 2.45) is 5.41 Å². The fourth-order valence-electron chi connectivity index (χ4n) is 2.15. The second-order valence-corrected chi connectivity index (χ2v) is 4.80. The summed E-state index contributed by atoms with van der Waals surface area (Å²) in [5.74, 6) is 0. The molecule has 0 aromatic carbocycles. The SMILES string of the molecule is CC=CC(O)C=C1CCCCC1(C)C. The van der Waals surface area contributed by atoms with E-state index in [1.54, 1.807) is 0 Å². The molecular weight excluding hydrogens is 172 g/mol. The third-order valence-electron chi connectivity index (χ3n) is 3.13. The van der Waals surface area contributed by atoms with Gasteiger partial charge in [-0.1, -0.05) is 44.1 Å². The lowest BCUT2D eigenvalue weighted by molar-refractivity contribution is 0.261. The molecule has 0 aromatic rings. The molecule has 0 radical (unpaired) electrons. The van der Waals surface area contributed by atoms with Crippen LogP contribution >= 0.6 is 0 Å². The van der Waals surface area contributed by atoms with Crippen molar-refractivity contribution >= 4 is 0 Å². The molecule has 1 rings (SSSR count). The topological polar surface area (TPSA) is 20.2 Å². The van der Waals surface area contributed by atoms with E-state index in [0.717, 1.165) is 6.42 Å². The summed E-state index contributed by atoms with van der Waals surface area (Å²) in [4.78, 5) is 0. The number of aliphatic hydroxyl groups is 1. The van der Waals surface area contributed by atoms with Crippen LogP contribution in [0.3, 0.4) is 0 Å². The minimum absolute atomic E-state index is 0.292. The van der Waals surface area contributed by atoms with Gasteiger partial charge in [0, 0.05) is 0 Å². The lowest BCUT2D eigenvalue weighted by Crippen LogP contribution is -2.20. The molecule has 1 aliphatic rings. The fraction of sp³-hybridized carbons (Fsp3) is 0.692. The Hall–Kier alpha value is -0.560. The molecule has 0 aromatic heterocycles. The van der Waals surface area contributed by atoms with Crippen molar-refractivity contribution in [1.82, 2.24) is 0 Å². The Morgan fingerprint density at radius 3 is 2.64 bits per heavy atom. The first-order valence-electron chi connectivity index (χ1n) is 5.58. The highest BCUT2D eigenvalue weighted by Gasteiger charge is 2.26. The molecule has 0 heterocycles. The van der Waals surface area contributed by atoms with Crippen LogP contribution in [0.2, 0.25) is 0 Å². The molecule has 0 aliphatic heterocycles. The Kier molecular flexibility index (Phi) is 3.94. The van der Waals surface area contributed by atoms with Crippen LogP contribution in [0.25, 0.3) is 0 Å². The molecule has 1 fully saturated rings. The van der Waals surface area contributed by atoms with Gasteiger partial charge in [-0.3, -0.25) is 0 Å². The quantitative estimate of drug-likeness (QED) is 0.667. The van der Waals surface area contributed by atoms with E-state index in [-0.39, 0.29) is 0 Å². The molecule has 80 valence electrons. The first kappa shape index (κ1) is 11.5. The van der Waals surface area contributed by atoms with E-state index >= 15 is 0 Å². The first-order chi connectivity index (χ1) is 6.56. The molecule has 1 atom stereocenters. The third kappa shape index (κ3) is 2.98. The molecule has 0 saturated heterocycles. The maximum Gasteiger partial charge on any atom is 0.0905 e. The van der Waals surface area contributed by atoms with Gasteiger partial charge in [0.1, 0.15) is 0 Å². The molecule has 1 heteroatoms. The number of aliphatic hydroxyl groups excluding tert-OH is 1. The van der Waals surface area contributed by atoms with Gasteiger partial charge in [0.25, 0.3) is 0 Å². The summed E-state index contributed by atoms with van der Waals surface area (Å²) >= 11 is 0. The predicted molar refractivity (Wildman–Crippen MR) is 61.2 cm³/mol.